The molecule has 0 amide bonds. The molecule has 0 N–H and O–H groups in total. The number of rotatable bonds is 1. The zero-order chi connectivity index (χ0) is 9.42. The third-order valence-electron chi connectivity index (χ3n) is 1.54. The normalized spacial score (nSPS) is 10.5. The number of hydrogen-bond donors (Lipinski definition) is 0. The van der Waals surface area contributed by atoms with E-state index in [1.165, 1.54) is 23.7 Å². The molecule has 0 saturated carbocycles. The third-order valence-corrected chi connectivity index (χ3v) is 2.76. The molecule has 6 heteroatoms. The van der Waals surface area contributed by atoms with E-state index in [0.717, 1.165) is 4.70 Å². The predicted octanol–water partition coefficient (Wildman–Crippen LogP) is 2.66. The van der Waals surface area contributed by atoms with E-state index in [4.69, 9.17) is 11.6 Å². The molecule has 2 aromatic rings. The van der Waals surface area contributed by atoms with Crippen LogP contribution in [-0.4, -0.2) is 9.30 Å². The molecule has 4 nitrogen and oxygen atoms in total. The minimum atomic E-state index is -0.489. The van der Waals surface area contributed by atoms with Gasteiger partial charge < -0.3 is 0 Å². The van der Waals surface area contributed by atoms with Gasteiger partial charge in [0.25, 0.3) is 5.69 Å². The van der Waals surface area contributed by atoms with E-state index in [2.05, 4.69) is 10.6 Å². The largest absolute Gasteiger partial charge is 0.271 e. The van der Waals surface area contributed by atoms with Crippen molar-refractivity contribution in [2.75, 3.05) is 0 Å². The van der Waals surface area contributed by atoms with Gasteiger partial charge in [-0.1, -0.05) is 11.6 Å². The highest BCUT2D eigenvalue weighted by Gasteiger charge is 2.11. The van der Waals surface area contributed by atoms with Crippen LogP contribution in [0.15, 0.2) is 12.1 Å². The molecule has 0 saturated heterocycles. The summed E-state index contributed by atoms with van der Waals surface area (Å²) in [6.45, 7) is 0. The molecule has 0 aliphatic heterocycles. The lowest BCUT2D eigenvalue weighted by atomic mass is 10.2. The van der Waals surface area contributed by atoms with Crippen molar-refractivity contribution in [1.29, 1.82) is 0 Å². The van der Waals surface area contributed by atoms with Crippen molar-refractivity contribution in [3.8, 4) is 0 Å². The molecule has 1 aromatic heterocycles. The van der Waals surface area contributed by atoms with Crippen molar-refractivity contribution < 1.29 is 4.92 Å². The molecule has 1 radical (unpaired) electrons. The Bertz CT molecular complexity index is 482. The quantitative estimate of drug-likeness (QED) is 0.541. The Morgan fingerprint density at radius 3 is 3.08 bits per heavy atom. The summed E-state index contributed by atoms with van der Waals surface area (Å²) >= 11 is 6.97. The molecule has 65 valence electrons. The van der Waals surface area contributed by atoms with Crippen molar-refractivity contribution >= 4 is 38.9 Å². The lowest BCUT2D eigenvalue weighted by Crippen LogP contribution is -1.86. The second-order valence-electron chi connectivity index (χ2n) is 2.36. The first-order valence-corrected chi connectivity index (χ1v) is 4.44. The molecule has 0 fully saturated rings. The molecule has 2 rings (SSSR count). The zero-order valence-corrected chi connectivity index (χ0v) is 7.72. The molecule has 1 heterocycles. The van der Waals surface area contributed by atoms with Crippen molar-refractivity contribution in [3.05, 3.63) is 33.5 Å². The van der Waals surface area contributed by atoms with Gasteiger partial charge in [-0.05, 0) is 11.5 Å². The van der Waals surface area contributed by atoms with E-state index in [0.29, 0.717) is 10.4 Å². The minimum absolute atomic E-state index is 0.0334. The van der Waals surface area contributed by atoms with Crippen LogP contribution in [0, 0.1) is 16.3 Å². The maximum Gasteiger partial charge on any atom is 0.271 e. The summed E-state index contributed by atoms with van der Waals surface area (Å²) in [5, 5.41) is 11.4. The molecule has 1 aromatic carbocycles. The summed E-state index contributed by atoms with van der Waals surface area (Å²) in [4.78, 5) is 9.95. The van der Waals surface area contributed by atoms with Crippen LogP contribution >= 0.6 is 23.1 Å². The summed E-state index contributed by atoms with van der Waals surface area (Å²) in [6, 6.07) is 2.72. The van der Waals surface area contributed by atoms with Gasteiger partial charge in [0, 0.05) is 17.5 Å². The number of non-ortho nitro benzene ring substituents is 1. The fraction of sp³-hybridized carbons (Fsp3) is 0. The summed E-state index contributed by atoms with van der Waals surface area (Å²) in [5.41, 5.74) is -0.0334. The van der Waals surface area contributed by atoms with Gasteiger partial charge in [-0.2, -0.15) is 4.37 Å². The van der Waals surface area contributed by atoms with Crippen molar-refractivity contribution in [2.45, 2.75) is 0 Å². The summed E-state index contributed by atoms with van der Waals surface area (Å²) < 4.78 is 4.50. The fourth-order valence-corrected chi connectivity index (χ4v) is 1.88. The number of nitro groups is 1. The maximum absolute atomic E-state index is 10.4. The minimum Gasteiger partial charge on any atom is -0.258 e. The Labute approximate surface area is 82.1 Å². The van der Waals surface area contributed by atoms with Crippen molar-refractivity contribution in [1.82, 2.24) is 4.37 Å². The maximum atomic E-state index is 10.4. The van der Waals surface area contributed by atoms with Gasteiger partial charge in [-0.15, -0.1) is 0 Å². The average Bonchev–Trinajstić information content (AvgIpc) is 2.51. The van der Waals surface area contributed by atoms with Crippen LogP contribution in [0.1, 0.15) is 0 Å². The fourth-order valence-electron chi connectivity index (χ4n) is 0.978. The van der Waals surface area contributed by atoms with Crippen molar-refractivity contribution in [3.63, 3.8) is 0 Å². The first kappa shape index (κ1) is 8.40. The topological polar surface area (TPSA) is 56.0 Å². The monoisotopic (exact) mass is 213 g/mol. The van der Waals surface area contributed by atoms with E-state index in [-0.39, 0.29) is 5.69 Å². The van der Waals surface area contributed by atoms with Gasteiger partial charge in [0.05, 0.1) is 14.6 Å². The molecule has 0 unspecified atom stereocenters. The van der Waals surface area contributed by atoms with Gasteiger partial charge in [0.2, 0.25) is 0 Å². The number of nitro benzene ring substituents is 1. The van der Waals surface area contributed by atoms with Gasteiger partial charge in [-0.3, -0.25) is 10.1 Å². The van der Waals surface area contributed by atoms with E-state index in [1.807, 2.05) is 0 Å². The van der Waals surface area contributed by atoms with Gasteiger partial charge >= 0.3 is 0 Å². The van der Waals surface area contributed by atoms with E-state index < -0.39 is 4.92 Å². The molecule has 0 atom stereocenters. The standard InChI is InChI=1S/C7H2ClN2O2S/c8-6-2-5(10(11)12)1-4-3-9-13-7(4)6/h1-2H. The first-order chi connectivity index (χ1) is 6.18. The van der Waals surface area contributed by atoms with Gasteiger partial charge in [0.15, 0.2) is 0 Å². The number of nitrogens with zero attached hydrogens (tertiary/aromatic N) is 2. The smallest absolute Gasteiger partial charge is 0.258 e. The number of benzene rings is 1. The molecule has 0 aliphatic carbocycles. The Morgan fingerprint density at radius 1 is 1.62 bits per heavy atom. The highest BCUT2D eigenvalue weighted by atomic mass is 35.5. The Morgan fingerprint density at radius 2 is 2.38 bits per heavy atom. The van der Waals surface area contributed by atoms with E-state index in [1.54, 1.807) is 0 Å². The van der Waals surface area contributed by atoms with Crippen molar-refractivity contribution in [2.24, 2.45) is 0 Å². The van der Waals surface area contributed by atoms with Crippen LogP contribution in [0.3, 0.4) is 0 Å². The number of fused-ring (bicyclic) bond motifs is 1. The highest BCUT2D eigenvalue weighted by Crippen LogP contribution is 2.30. The van der Waals surface area contributed by atoms with Crippen LogP contribution in [-0.2, 0) is 0 Å². The molecule has 0 spiro atoms. The molecule has 0 aliphatic rings. The van der Waals surface area contributed by atoms with Crippen LogP contribution < -0.4 is 0 Å². The highest BCUT2D eigenvalue weighted by molar-refractivity contribution is 7.14. The SMILES string of the molecule is O=[N+]([O-])c1cc(Cl)c2sn[c]c2c1. The Kier molecular flexibility index (Phi) is 1.90. The van der Waals surface area contributed by atoms with Gasteiger partial charge in [0.1, 0.15) is 6.20 Å². The second-order valence-corrected chi connectivity index (χ2v) is 3.54. The molecule has 0 bridgehead atoms. The van der Waals surface area contributed by atoms with Crippen LogP contribution in [0.2, 0.25) is 5.02 Å². The van der Waals surface area contributed by atoms with E-state index >= 15 is 0 Å². The summed E-state index contributed by atoms with van der Waals surface area (Å²) in [6.07, 6.45) is 2.64. The molecular formula is C7H2ClN2O2S. The Hall–Kier alpha value is -1.20. The Balaban J connectivity index is 2.77. The van der Waals surface area contributed by atoms with Crippen LogP contribution in [0.5, 0.6) is 0 Å². The number of aromatic nitrogens is 1. The number of halogens is 1. The van der Waals surface area contributed by atoms with E-state index in [9.17, 15) is 10.1 Å². The number of hydrogen-bond acceptors (Lipinski definition) is 4. The summed E-state index contributed by atoms with van der Waals surface area (Å²) in [7, 11) is 0. The lowest BCUT2D eigenvalue weighted by molar-refractivity contribution is -0.384. The average molecular weight is 214 g/mol. The zero-order valence-electron chi connectivity index (χ0n) is 6.15. The molecule has 13 heavy (non-hydrogen) atoms. The summed E-state index contributed by atoms with van der Waals surface area (Å²) in [5.74, 6) is 0. The van der Waals surface area contributed by atoms with Crippen LogP contribution in [0.25, 0.3) is 10.1 Å². The van der Waals surface area contributed by atoms with Gasteiger partial charge in [-0.25, -0.2) is 0 Å². The predicted molar refractivity (Wildman–Crippen MR) is 50.1 cm³/mol. The first-order valence-electron chi connectivity index (χ1n) is 3.29. The van der Waals surface area contributed by atoms with Crippen LogP contribution in [0.4, 0.5) is 5.69 Å². The molecular weight excluding hydrogens is 212 g/mol. The lowest BCUT2D eigenvalue weighted by Gasteiger charge is -1.93. The third kappa shape index (κ3) is 1.36. The second kappa shape index (κ2) is 2.93.